The summed E-state index contributed by atoms with van der Waals surface area (Å²) in [5, 5.41) is 8.82. The number of benzene rings is 2. The maximum Gasteiger partial charge on any atom is 0.289 e. The third-order valence-electron chi connectivity index (χ3n) is 2.59. The van der Waals surface area contributed by atoms with E-state index in [4.69, 9.17) is 21.5 Å². The zero-order valence-corrected chi connectivity index (χ0v) is 11.0. The number of carbonyl (C=O) groups excluding carboxylic acids is 1. The van der Waals surface area contributed by atoms with Crippen LogP contribution >= 0.6 is 11.6 Å². The number of carbonyl (C=O) groups is 1. The second kappa shape index (κ2) is 6.36. The van der Waals surface area contributed by atoms with Crippen molar-refractivity contribution in [1.29, 1.82) is 0 Å². The van der Waals surface area contributed by atoms with E-state index in [-0.39, 0.29) is 10.8 Å². The highest BCUT2D eigenvalue weighted by molar-refractivity contribution is 6.32. The van der Waals surface area contributed by atoms with Crippen molar-refractivity contribution in [3.05, 3.63) is 64.9 Å². The molecule has 2 aromatic rings. The molecule has 1 unspecified atom stereocenters. The van der Waals surface area contributed by atoms with Crippen molar-refractivity contribution >= 4 is 17.5 Å². The largest absolute Gasteiger partial charge is 0.474 e. The van der Waals surface area contributed by atoms with Crippen LogP contribution in [0.1, 0.15) is 11.7 Å². The van der Waals surface area contributed by atoms with Crippen LogP contribution in [-0.2, 0) is 4.79 Å². The summed E-state index contributed by atoms with van der Waals surface area (Å²) < 4.78 is 18.4. The minimum Gasteiger partial charge on any atom is -0.474 e. The molecule has 0 fully saturated rings. The normalized spacial score (nSPS) is 11.8. The van der Waals surface area contributed by atoms with Gasteiger partial charge in [0.2, 0.25) is 6.10 Å². The molecule has 1 amide bonds. The minimum absolute atomic E-state index is 0.0386. The molecular weight excluding hydrogens is 285 g/mol. The maximum absolute atomic E-state index is 13.0. The number of hydrogen-bond donors (Lipinski definition) is 2. The number of amides is 1. The summed E-state index contributed by atoms with van der Waals surface area (Å²) in [6.45, 7) is 0. The summed E-state index contributed by atoms with van der Waals surface area (Å²) in [4.78, 5) is 11.7. The van der Waals surface area contributed by atoms with Gasteiger partial charge in [0.1, 0.15) is 11.6 Å². The van der Waals surface area contributed by atoms with Crippen LogP contribution in [0, 0.1) is 5.82 Å². The Labute approximate surface area is 119 Å². The minimum atomic E-state index is -1.09. The first-order chi connectivity index (χ1) is 9.61. The monoisotopic (exact) mass is 295 g/mol. The van der Waals surface area contributed by atoms with Crippen LogP contribution in [0.4, 0.5) is 4.39 Å². The third-order valence-corrected chi connectivity index (χ3v) is 2.88. The highest BCUT2D eigenvalue weighted by Gasteiger charge is 2.23. The summed E-state index contributed by atoms with van der Waals surface area (Å²) in [5.41, 5.74) is 2.06. The molecular formula is C14H11ClFNO3. The van der Waals surface area contributed by atoms with Gasteiger partial charge < -0.3 is 4.74 Å². The van der Waals surface area contributed by atoms with Gasteiger partial charge in [0, 0.05) is 5.56 Å². The molecule has 2 rings (SSSR count). The smallest absolute Gasteiger partial charge is 0.289 e. The van der Waals surface area contributed by atoms with Gasteiger partial charge >= 0.3 is 0 Å². The Balaban J connectivity index is 2.31. The highest BCUT2D eigenvalue weighted by Crippen LogP contribution is 2.29. The molecule has 2 N–H and O–H groups in total. The van der Waals surface area contributed by atoms with E-state index in [0.29, 0.717) is 5.56 Å². The summed E-state index contributed by atoms with van der Waals surface area (Å²) in [6, 6.07) is 12.1. The van der Waals surface area contributed by atoms with Crippen molar-refractivity contribution < 1.29 is 19.1 Å². The Morgan fingerprint density at radius 2 is 1.95 bits per heavy atom. The quantitative estimate of drug-likeness (QED) is 0.673. The van der Waals surface area contributed by atoms with Crippen LogP contribution in [0.25, 0.3) is 0 Å². The van der Waals surface area contributed by atoms with Crippen molar-refractivity contribution in [2.75, 3.05) is 0 Å². The predicted octanol–water partition coefficient (Wildman–Crippen LogP) is 3.10. The fourth-order valence-corrected chi connectivity index (χ4v) is 1.87. The summed E-state index contributed by atoms with van der Waals surface area (Å²) in [5.74, 6) is -1.12. The molecule has 0 aliphatic heterocycles. The fraction of sp³-hybridized carbons (Fsp3) is 0.0714. The zero-order chi connectivity index (χ0) is 14.5. The first kappa shape index (κ1) is 14.3. The summed E-state index contributed by atoms with van der Waals surface area (Å²) >= 11 is 5.85. The van der Waals surface area contributed by atoms with Gasteiger partial charge in [-0.15, -0.1) is 0 Å². The Hall–Kier alpha value is -2.11. The van der Waals surface area contributed by atoms with E-state index in [2.05, 4.69) is 0 Å². The highest BCUT2D eigenvalue weighted by atomic mass is 35.5. The van der Waals surface area contributed by atoms with Crippen LogP contribution in [0.5, 0.6) is 5.75 Å². The average Bonchev–Trinajstić information content (AvgIpc) is 2.46. The van der Waals surface area contributed by atoms with Gasteiger partial charge in [-0.05, 0) is 18.2 Å². The Morgan fingerprint density at radius 1 is 1.25 bits per heavy atom. The predicted molar refractivity (Wildman–Crippen MR) is 71.2 cm³/mol. The maximum atomic E-state index is 13.0. The lowest BCUT2D eigenvalue weighted by Crippen LogP contribution is -2.30. The molecule has 0 spiro atoms. The lowest BCUT2D eigenvalue weighted by molar-refractivity contribution is -0.136. The molecule has 6 heteroatoms. The van der Waals surface area contributed by atoms with Gasteiger partial charge in [0.05, 0.1) is 5.02 Å². The van der Waals surface area contributed by atoms with E-state index < -0.39 is 17.8 Å². The van der Waals surface area contributed by atoms with E-state index in [1.807, 2.05) is 0 Å². The van der Waals surface area contributed by atoms with Crippen LogP contribution in [0.15, 0.2) is 48.5 Å². The van der Waals surface area contributed by atoms with Crippen molar-refractivity contribution in [2.45, 2.75) is 6.10 Å². The van der Waals surface area contributed by atoms with Crippen LogP contribution < -0.4 is 10.2 Å². The molecule has 1 atom stereocenters. The molecule has 0 aromatic heterocycles. The lowest BCUT2D eigenvalue weighted by Gasteiger charge is -2.18. The van der Waals surface area contributed by atoms with Crippen LogP contribution in [-0.4, -0.2) is 11.1 Å². The Bertz CT molecular complexity index is 607. The molecule has 104 valence electrons. The zero-order valence-electron chi connectivity index (χ0n) is 10.2. The van der Waals surface area contributed by atoms with Crippen molar-refractivity contribution in [2.24, 2.45) is 0 Å². The van der Waals surface area contributed by atoms with Crippen molar-refractivity contribution in [3.63, 3.8) is 0 Å². The molecule has 20 heavy (non-hydrogen) atoms. The molecule has 0 saturated heterocycles. The number of halogens is 2. The second-order valence-corrected chi connectivity index (χ2v) is 4.37. The van der Waals surface area contributed by atoms with Gasteiger partial charge in [-0.3, -0.25) is 10.0 Å². The fourth-order valence-electron chi connectivity index (χ4n) is 1.66. The first-order valence-electron chi connectivity index (χ1n) is 5.72. The van der Waals surface area contributed by atoms with Gasteiger partial charge in [-0.25, -0.2) is 9.87 Å². The third kappa shape index (κ3) is 3.26. The SMILES string of the molecule is O=C(NO)C(Oc1ccc(F)cc1Cl)c1ccccc1. The lowest BCUT2D eigenvalue weighted by atomic mass is 10.1. The molecule has 0 bridgehead atoms. The number of rotatable bonds is 4. The molecule has 0 aliphatic carbocycles. The summed E-state index contributed by atoms with van der Waals surface area (Å²) in [7, 11) is 0. The van der Waals surface area contributed by atoms with Crippen LogP contribution in [0.3, 0.4) is 0 Å². The van der Waals surface area contributed by atoms with Gasteiger partial charge in [0.15, 0.2) is 0 Å². The van der Waals surface area contributed by atoms with E-state index in [1.165, 1.54) is 17.6 Å². The van der Waals surface area contributed by atoms with E-state index in [9.17, 15) is 9.18 Å². The van der Waals surface area contributed by atoms with Crippen LogP contribution in [0.2, 0.25) is 5.02 Å². The van der Waals surface area contributed by atoms with Gasteiger partial charge in [-0.1, -0.05) is 41.9 Å². The standard InChI is InChI=1S/C14H11ClFNO3/c15-11-8-10(16)6-7-12(11)20-13(14(18)17-19)9-4-2-1-3-5-9/h1-8,13,19H,(H,17,18). The van der Waals surface area contributed by atoms with E-state index in [1.54, 1.807) is 30.3 Å². The number of hydrogen-bond acceptors (Lipinski definition) is 3. The molecule has 4 nitrogen and oxygen atoms in total. The summed E-state index contributed by atoms with van der Waals surface area (Å²) in [6.07, 6.45) is -1.09. The van der Waals surface area contributed by atoms with Crippen molar-refractivity contribution in [1.82, 2.24) is 5.48 Å². The number of nitrogens with one attached hydrogen (secondary N) is 1. The van der Waals surface area contributed by atoms with E-state index in [0.717, 1.165) is 6.07 Å². The van der Waals surface area contributed by atoms with E-state index >= 15 is 0 Å². The number of ether oxygens (including phenoxy) is 1. The number of hydroxylamine groups is 1. The van der Waals surface area contributed by atoms with Gasteiger partial charge in [0.25, 0.3) is 5.91 Å². The first-order valence-corrected chi connectivity index (χ1v) is 6.10. The Morgan fingerprint density at radius 3 is 2.55 bits per heavy atom. The molecule has 2 aromatic carbocycles. The Kier molecular flexibility index (Phi) is 4.55. The molecule has 0 heterocycles. The molecule has 0 radical (unpaired) electrons. The second-order valence-electron chi connectivity index (χ2n) is 3.96. The molecule has 0 aliphatic rings. The average molecular weight is 296 g/mol. The topological polar surface area (TPSA) is 58.6 Å². The molecule has 0 saturated carbocycles. The van der Waals surface area contributed by atoms with Gasteiger partial charge in [-0.2, -0.15) is 0 Å². The van der Waals surface area contributed by atoms with Crippen molar-refractivity contribution in [3.8, 4) is 5.75 Å².